The summed E-state index contributed by atoms with van der Waals surface area (Å²) < 4.78 is 6.75. The van der Waals surface area contributed by atoms with Gasteiger partial charge in [-0.05, 0) is 55.9 Å². The van der Waals surface area contributed by atoms with Crippen molar-refractivity contribution in [2.45, 2.75) is 26.2 Å². The van der Waals surface area contributed by atoms with Crippen LogP contribution in [0.4, 0.5) is 0 Å². The molecular formula is C22H28BrNO2. The highest BCUT2D eigenvalue weighted by Gasteiger charge is 2.23. The van der Waals surface area contributed by atoms with Gasteiger partial charge in [-0.2, -0.15) is 0 Å². The lowest BCUT2D eigenvalue weighted by molar-refractivity contribution is -0.123. The molecule has 140 valence electrons. The Hall–Kier alpha value is -1.65. The van der Waals surface area contributed by atoms with Crippen molar-refractivity contribution in [1.82, 2.24) is 4.90 Å². The summed E-state index contributed by atoms with van der Waals surface area (Å²) in [5.41, 5.74) is 2.20. The fourth-order valence-electron chi connectivity index (χ4n) is 2.81. The van der Waals surface area contributed by atoms with Gasteiger partial charge in [0.1, 0.15) is 18.1 Å². The Bertz CT molecular complexity index is 710. The van der Waals surface area contributed by atoms with E-state index in [1.165, 1.54) is 0 Å². The number of hydrogen-bond acceptors (Lipinski definition) is 3. The Labute approximate surface area is 165 Å². The van der Waals surface area contributed by atoms with Crippen molar-refractivity contribution >= 4 is 21.7 Å². The van der Waals surface area contributed by atoms with Crippen LogP contribution in [0.1, 0.15) is 30.9 Å². The Morgan fingerprint density at radius 3 is 2.38 bits per heavy atom. The lowest BCUT2D eigenvalue weighted by Gasteiger charge is -2.19. The summed E-state index contributed by atoms with van der Waals surface area (Å²) in [5, 5.41) is 0. The van der Waals surface area contributed by atoms with Crippen LogP contribution in [0, 0.1) is 5.92 Å². The molecule has 0 aromatic heterocycles. The third-order valence-corrected chi connectivity index (χ3v) is 4.83. The number of nitrogens with zero attached hydrogens (tertiary/aromatic N) is 1. The molecule has 0 N–H and O–H groups in total. The smallest absolute Gasteiger partial charge is 0.143 e. The van der Waals surface area contributed by atoms with Crippen molar-refractivity contribution < 1.29 is 9.53 Å². The van der Waals surface area contributed by atoms with Crippen LogP contribution in [0.2, 0.25) is 0 Å². The molecular weight excluding hydrogens is 390 g/mol. The van der Waals surface area contributed by atoms with Gasteiger partial charge in [-0.25, -0.2) is 0 Å². The number of halogens is 1. The van der Waals surface area contributed by atoms with Crippen molar-refractivity contribution in [2.24, 2.45) is 5.92 Å². The first-order valence-corrected chi connectivity index (χ1v) is 9.81. The van der Waals surface area contributed by atoms with E-state index in [9.17, 15) is 4.79 Å². The van der Waals surface area contributed by atoms with Crippen LogP contribution in [0.25, 0.3) is 0 Å². The number of likely N-dealkylation sites (N-methyl/N-ethyl adjacent to an activating group) is 1. The number of ether oxygens (including phenoxy) is 1. The van der Waals surface area contributed by atoms with Crippen molar-refractivity contribution in [3.05, 3.63) is 64.1 Å². The molecule has 26 heavy (non-hydrogen) atoms. The van der Waals surface area contributed by atoms with Crippen LogP contribution in [0.15, 0.2) is 53.0 Å². The van der Waals surface area contributed by atoms with E-state index in [0.717, 1.165) is 27.9 Å². The molecule has 0 spiro atoms. The molecule has 1 unspecified atom stereocenters. The Balaban J connectivity index is 2.11. The first kappa shape index (κ1) is 20.7. The average molecular weight is 418 g/mol. The Kier molecular flexibility index (Phi) is 7.85. The lowest BCUT2D eigenvalue weighted by Crippen LogP contribution is -2.20. The van der Waals surface area contributed by atoms with Crippen molar-refractivity contribution in [1.29, 1.82) is 0 Å². The minimum absolute atomic E-state index is 0.00706. The monoisotopic (exact) mass is 417 g/mol. The molecule has 0 saturated heterocycles. The summed E-state index contributed by atoms with van der Waals surface area (Å²) in [4.78, 5) is 14.9. The highest BCUT2D eigenvalue weighted by atomic mass is 79.9. The summed E-state index contributed by atoms with van der Waals surface area (Å²) in [6.07, 6.45) is 0.700. The van der Waals surface area contributed by atoms with Crippen LogP contribution in [0.3, 0.4) is 0 Å². The maximum atomic E-state index is 12.8. The van der Waals surface area contributed by atoms with E-state index in [2.05, 4.69) is 33.0 Å². The van der Waals surface area contributed by atoms with Crippen LogP contribution < -0.4 is 4.74 Å². The van der Waals surface area contributed by atoms with Gasteiger partial charge in [-0.15, -0.1) is 0 Å². The predicted octanol–water partition coefficient (Wildman–Crippen LogP) is 4.94. The van der Waals surface area contributed by atoms with E-state index < -0.39 is 0 Å². The number of carbonyl (C=O) groups is 1. The Morgan fingerprint density at radius 1 is 1.12 bits per heavy atom. The second-order valence-electron chi connectivity index (χ2n) is 7.16. The lowest BCUT2D eigenvalue weighted by atomic mass is 9.84. The van der Waals surface area contributed by atoms with Crippen molar-refractivity contribution in [3.8, 4) is 5.75 Å². The molecule has 2 aromatic carbocycles. The van der Waals surface area contributed by atoms with Crippen LogP contribution in [0.5, 0.6) is 5.75 Å². The fraction of sp³-hybridized carbons (Fsp3) is 0.409. The van der Waals surface area contributed by atoms with E-state index in [0.29, 0.717) is 13.0 Å². The fourth-order valence-corrected chi connectivity index (χ4v) is 3.23. The molecule has 1 atom stereocenters. The molecule has 0 aliphatic heterocycles. The third-order valence-electron chi connectivity index (χ3n) is 4.33. The SMILES string of the molecule is CC(C)C(=O)C(Cc1ccc(OCCN(C)C)cc1)c1cccc(Br)c1. The Morgan fingerprint density at radius 2 is 1.81 bits per heavy atom. The average Bonchev–Trinajstić information content (AvgIpc) is 2.60. The van der Waals surface area contributed by atoms with Gasteiger partial charge in [0, 0.05) is 22.9 Å². The summed E-state index contributed by atoms with van der Waals surface area (Å²) in [6.45, 7) is 5.48. The molecule has 0 fully saturated rings. The highest BCUT2D eigenvalue weighted by Crippen LogP contribution is 2.28. The molecule has 0 aliphatic carbocycles. The number of rotatable bonds is 9. The summed E-state index contributed by atoms with van der Waals surface area (Å²) in [7, 11) is 4.06. The zero-order valence-corrected chi connectivity index (χ0v) is 17.6. The van der Waals surface area contributed by atoms with E-state index in [1.54, 1.807) is 0 Å². The van der Waals surface area contributed by atoms with E-state index in [-0.39, 0.29) is 17.6 Å². The molecule has 0 amide bonds. The van der Waals surface area contributed by atoms with Gasteiger partial charge in [0.2, 0.25) is 0 Å². The molecule has 0 bridgehead atoms. The van der Waals surface area contributed by atoms with Crippen molar-refractivity contribution in [2.75, 3.05) is 27.2 Å². The van der Waals surface area contributed by atoms with Crippen LogP contribution in [-0.2, 0) is 11.2 Å². The standard InChI is InChI=1S/C22H28BrNO2/c1-16(2)22(25)21(18-6-5-7-19(23)15-18)14-17-8-10-20(11-9-17)26-13-12-24(3)4/h5-11,15-16,21H,12-14H2,1-4H3. The molecule has 0 aliphatic rings. The van der Waals surface area contributed by atoms with Gasteiger partial charge in [0.15, 0.2) is 0 Å². The maximum absolute atomic E-state index is 12.8. The summed E-state index contributed by atoms with van der Waals surface area (Å²) in [6, 6.07) is 16.2. The number of ketones is 1. The minimum atomic E-state index is -0.131. The topological polar surface area (TPSA) is 29.5 Å². The second kappa shape index (κ2) is 9.89. The van der Waals surface area contributed by atoms with E-state index in [1.807, 2.05) is 64.3 Å². The van der Waals surface area contributed by atoms with Gasteiger partial charge in [0.05, 0.1) is 0 Å². The summed E-state index contributed by atoms with van der Waals surface area (Å²) in [5.74, 6) is 1.01. The number of benzene rings is 2. The molecule has 2 rings (SSSR count). The maximum Gasteiger partial charge on any atom is 0.143 e. The zero-order chi connectivity index (χ0) is 19.1. The third kappa shape index (κ3) is 6.26. The largest absolute Gasteiger partial charge is 0.492 e. The molecule has 2 aromatic rings. The van der Waals surface area contributed by atoms with Crippen LogP contribution in [-0.4, -0.2) is 37.9 Å². The molecule has 0 heterocycles. The molecule has 0 saturated carbocycles. The van der Waals surface area contributed by atoms with Crippen molar-refractivity contribution in [3.63, 3.8) is 0 Å². The molecule has 0 radical (unpaired) electrons. The predicted molar refractivity (Wildman–Crippen MR) is 111 cm³/mol. The van der Waals surface area contributed by atoms with Gasteiger partial charge in [0.25, 0.3) is 0 Å². The zero-order valence-electron chi connectivity index (χ0n) is 16.0. The van der Waals surface area contributed by atoms with Crippen LogP contribution >= 0.6 is 15.9 Å². The number of hydrogen-bond donors (Lipinski definition) is 0. The number of Topliss-reactive ketones (excluding diaryl/α,β-unsaturated/α-hetero) is 1. The first-order chi connectivity index (χ1) is 12.4. The van der Waals surface area contributed by atoms with Gasteiger partial charge >= 0.3 is 0 Å². The number of carbonyl (C=O) groups excluding carboxylic acids is 1. The van der Waals surface area contributed by atoms with Gasteiger partial charge in [-0.3, -0.25) is 4.79 Å². The molecule has 4 heteroatoms. The second-order valence-corrected chi connectivity index (χ2v) is 8.08. The van der Waals surface area contributed by atoms with E-state index in [4.69, 9.17) is 4.74 Å². The highest BCUT2D eigenvalue weighted by molar-refractivity contribution is 9.10. The quantitative estimate of drug-likeness (QED) is 0.578. The first-order valence-electron chi connectivity index (χ1n) is 9.02. The van der Waals surface area contributed by atoms with E-state index >= 15 is 0 Å². The van der Waals surface area contributed by atoms with Gasteiger partial charge in [-0.1, -0.05) is 54.0 Å². The van der Waals surface area contributed by atoms with Gasteiger partial charge < -0.3 is 9.64 Å². The minimum Gasteiger partial charge on any atom is -0.492 e. The normalized spacial score (nSPS) is 12.4. The summed E-state index contributed by atoms with van der Waals surface area (Å²) >= 11 is 3.51. The molecule has 3 nitrogen and oxygen atoms in total.